The van der Waals surface area contributed by atoms with E-state index >= 15 is 0 Å². The average molecular weight is 259 g/mol. The zero-order valence-electron chi connectivity index (χ0n) is 10.5. The Morgan fingerprint density at radius 3 is 2.42 bits per heavy atom. The molecular formula is C14H11F2N3. The molecule has 0 amide bonds. The number of hydrogen-bond donors (Lipinski definition) is 0. The summed E-state index contributed by atoms with van der Waals surface area (Å²) < 4.78 is 29.2. The summed E-state index contributed by atoms with van der Waals surface area (Å²) in [5.41, 5.74) is 1.86. The van der Waals surface area contributed by atoms with E-state index in [1.807, 2.05) is 19.9 Å². The van der Waals surface area contributed by atoms with Crippen LogP contribution in [0.1, 0.15) is 11.4 Å². The van der Waals surface area contributed by atoms with Gasteiger partial charge in [0.25, 0.3) is 0 Å². The van der Waals surface area contributed by atoms with E-state index in [2.05, 4.69) is 9.97 Å². The lowest BCUT2D eigenvalue weighted by atomic mass is 10.1. The number of aryl methyl sites for hydroxylation is 2. The molecule has 0 N–H and O–H groups in total. The number of fused-ring (bicyclic) bond motifs is 1. The lowest BCUT2D eigenvalue weighted by Crippen LogP contribution is -1.94. The zero-order valence-corrected chi connectivity index (χ0v) is 10.5. The molecule has 3 nitrogen and oxygen atoms in total. The van der Waals surface area contributed by atoms with Crippen molar-refractivity contribution in [2.24, 2.45) is 0 Å². The quantitative estimate of drug-likeness (QED) is 0.671. The highest BCUT2D eigenvalue weighted by Gasteiger charge is 2.15. The topological polar surface area (TPSA) is 30.2 Å². The van der Waals surface area contributed by atoms with E-state index in [0.29, 0.717) is 5.78 Å². The Labute approximate surface area is 108 Å². The average Bonchev–Trinajstić information content (AvgIpc) is 2.72. The van der Waals surface area contributed by atoms with Crippen LogP contribution in [0.3, 0.4) is 0 Å². The first-order chi connectivity index (χ1) is 9.06. The molecule has 0 bridgehead atoms. The predicted octanol–water partition coefficient (Wildman–Crippen LogP) is 3.29. The molecule has 3 aromatic rings. The Morgan fingerprint density at radius 2 is 1.74 bits per heavy atom. The van der Waals surface area contributed by atoms with Crippen LogP contribution in [0.5, 0.6) is 0 Å². The Hall–Kier alpha value is -2.30. The van der Waals surface area contributed by atoms with Gasteiger partial charge in [0.15, 0.2) is 0 Å². The lowest BCUT2D eigenvalue weighted by molar-refractivity contribution is 0.589. The normalized spacial score (nSPS) is 11.2. The highest BCUT2D eigenvalue weighted by atomic mass is 19.1. The van der Waals surface area contributed by atoms with Gasteiger partial charge in [-0.15, -0.1) is 0 Å². The molecule has 0 saturated heterocycles. The van der Waals surface area contributed by atoms with Gasteiger partial charge in [-0.1, -0.05) is 6.07 Å². The summed E-state index contributed by atoms with van der Waals surface area (Å²) in [6, 6.07) is 5.65. The van der Waals surface area contributed by atoms with Crippen molar-refractivity contribution in [2.75, 3.05) is 0 Å². The Bertz CT molecular complexity index is 757. The second-order valence-electron chi connectivity index (χ2n) is 4.43. The summed E-state index contributed by atoms with van der Waals surface area (Å²) in [6.07, 6.45) is 1.60. The third-order valence-electron chi connectivity index (χ3n) is 2.98. The van der Waals surface area contributed by atoms with Gasteiger partial charge in [-0.05, 0) is 32.0 Å². The van der Waals surface area contributed by atoms with E-state index < -0.39 is 11.6 Å². The van der Waals surface area contributed by atoms with Gasteiger partial charge in [0, 0.05) is 17.6 Å². The number of imidazole rings is 1. The number of aromatic nitrogens is 3. The van der Waals surface area contributed by atoms with Crippen molar-refractivity contribution in [3.8, 4) is 11.3 Å². The fourth-order valence-electron chi connectivity index (χ4n) is 2.13. The first-order valence-electron chi connectivity index (χ1n) is 5.84. The van der Waals surface area contributed by atoms with Crippen molar-refractivity contribution >= 4 is 5.78 Å². The number of nitrogens with zero attached hydrogens (tertiary/aromatic N) is 3. The SMILES string of the molecule is Cc1cc(C)n2cc(-c3c(F)cccc3F)nc2n1. The minimum atomic E-state index is -0.627. The predicted molar refractivity (Wildman–Crippen MR) is 67.8 cm³/mol. The fraction of sp³-hybridized carbons (Fsp3) is 0.143. The molecule has 0 atom stereocenters. The van der Waals surface area contributed by atoms with Gasteiger partial charge < -0.3 is 0 Å². The van der Waals surface area contributed by atoms with E-state index in [9.17, 15) is 8.78 Å². The molecule has 3 rings (SSSR count). The molecule has 0 radical (unpaired) electrons. The van der Waals surface area contributed by atoms with Crippen molar-refractivity contribution in [2.45, 2.75) is 13.8 Å². The molecule has 1 aromatic carbocycles. The molecule has 5 heteroatoms. The van der Waals surface area contributed by atoms with E-state index in [0.717, 1.165) is 11.4 Å². The highest BCUT2D eigenvalue weighted by Crippen LogP contribution is 2.25. The third kappa shape index (κ3) is 1.87. The van der Waals surface area contributed by atoms with Gasteiger partial charge in [-0.3, -0.25) is 4.40 Å². The Balaban J connectivity index is 2.30. The van der Waals surface area contributed by atoms with Crippen molar-refractivity contribution in [1.82, 2.24) is 14.4 Å². The van der Waals surface area contributed by atoms with Crippen LogP contribution in [0.4, 0.5) is 8.78 Å². The lowest BCUT2D eigenvalue weighted by Gasteiger charge is -2.00. The van der Waals surface area contributed by atoms with Crippen LogP contribution in [0.15, 0.2) is 30.5 Å². The zero-order chi connectivity index (χ0) is 13.6. The van der Waals surface area contributed by atoms with Crippen LogP contribution in [0.25, 0.3) is 17.0 Å². The molecule has 0 aliphatic heterocycles. The second-order valence-corrected chi connectivity index (χ2v) is 4.43. The molecule has 0 fully saturated rings. The molecule has 0 aliphatic carbocycles. The van der Waals surface area contributed by atoms with Crippen LogP contribution in [-0.4, -0.2) is 14.4 Å². The maximum absolute atomic E-state index is 13.7. The van der Waals surface area contributed by atoms with Gasteiger partial charge in [0.1, 0.15) is 11.6 Å². The summed E-state index contributed by atoms with van der Waals surface area (Å²) in [5, 5.41) is 0. The first-order valence-corrected chi connectivity index (χ1v) is 5.84. The molecule has 0 unspecified atom stereocenters. The molecule has 0 saturated carbocycles. The summed E-state index contributed by atoms with van der Waals surface area (Å²) in [5.74, 6) is -0.814. The molecule has 0 aliphatic rings. The maximum atomic E-state index is 13.7. The van der Waals surface area contributed by atoms with Crippen molar-refractivity contribution in [3.05, 3.63) is 53.5 Å². The van der Waals surface area contributed by atoms with E-state index in [1.165, 1.54) is 18.2 Å². The van der Waals surface area contributed by atoms with E-state index in [1.54, 1.807) is 10.6 Å². The Kier molecular flexibility index (Phi) is 2.55. The minimum absolute atomic E-state index is 0.120. The molecule has 2 heterocycles. The van der Waals surface area contributed by atoms with Crippen molar-refractivity contribution in [3.63, 3.8) is 0 Å². The third-order valence-corrected chi connectivity index (χ3v) is 2.98. The van der Waals surface area contributed by atoms with Crippen molar-refractivity contribution in [1.29, 1.82) is 0 Å². The largest absolute Gasteiger partial charge is 0.288 e. The second kappa shape index (κ2) is 4.12. The smallest absolute Gasteiger partial charge is 0.234 e. The van der Waals surface area contributed by atoms with Gasteiger partial charge in [0.2, 0.25) is 5.78 Å². The number of benzene rings is 1. The molecule has 0 spiro atoms. The van der Waals surface area contributed by atoms with Gasteiger partial charge >= 0.3 is 0 Å². The summed E-state index contributed by atoms with van der Waals surface area (Å²) in [4.78, 5) is 8.45. The fourth-order valence-corrected chi connectivity index (χ4v) is 2.13. The van der Waals surface area contributed by atoms with Crippen LogP contribution in [0, 0.1) is 25.5 Å². The van der Waals surface area contributed by atoms with Crippen LogP contribution in [-0.2, 0) is 0 Å². The summed E-state index contributed by atoms with van der Waals surface area (Å²) in [6.45, 7) is 3.75. The minimum Gasteiger partial charge on any atom is -0.288 e. The van der Waals surface area contributed by atoms with E-state index in [4.69, 9.17) is 0 Å². The maximum Gasteiger partial charge on any atom is 0.234 e. The van der Waals surface area contributed by atoms with Crippen molar-refractivity contribution < 1.29 is 8.78 Å². The number of hydrogen-bond acceptors (Lipinski definition) is 2. The van der Waals surface area contributed by atoms with Crippen LogP contribution >= 0.6 is 0 Å². The molecule has 96 valence electrons. The number of rotatable bonds is 1. The first kappa shape index (κ1) is 11.8. The van der Waals surface area contributed by atoms with Gasteiger partial charge in [-0.25, -0.2) is 18.7 Å². The highest BCUT2D eigenvalue weighted by molar-refractivity contribution is 5.63. The summed E-state index contributed by atoms with van der Waals surface area (Å²) >= 11 is 0. The molecule has 19 heavy (non-hydrogen) atoms. The summed E-state index contributed by atoms with van der Waals surface area (Å²) in [7, 11) is 0. The Morgan fingerprint density at radius 1 is 1.05 bits per heavy atom. The molecular weight excluding hydrogens is 248 g/mol. The molecule has 2 aromatic heterocycles. The number of halogens is 2. The van der Waals surface area contributed by atoms with E-state index in [-0.39, 0.29) is 11.3 Å². The standard InChI is InChI=1S/C14H11F2N3/c1-8-6-9(2)19-7-12(18-14(19)17-8)13-10(15)4-3-5-11(13)16/h3-7H,1-2H3. The van der Waals surface area contributed by atoms with Crippen LogP contribution in [0.2, 0.25) is 0 Å². The monoisotopic (exact) mass is 259 g/mol. The van der Waals surface area contributed by atoms with Gasteiger partial charge in [0.05, 0.1) is 11.3 Å². The van der Waals surface area contributed by atoms with Gasteiger partial charge in [-0.2, -0.15) is 0 Å². The van der Waals surface area contributed by atoms with Crippen LogP contribution < -0.4 is 0 Å².